The van der Waals surface area contributed by atoms with Gasteiger partial charge in [0, 0.05) is 18.0 Å². The number of anilines is 1. The number of hydrogen-bond acceptors (Lipinski definition) is 4. The van der Waals surface area contributed by atoms with E-state index in [2.05, 4.69) is 29.2 Å². The highest BCUT2D eigenvalue weighted by molar-refractivity contribution is 5.92. The second-order valence-corrected chi connectivity index (χ2v) is 7.13. The Bertz CT molecular complexity index is 1360. The smallest absolute Gasteiger partial charge is 0.206 e. The molecule has 0 saturated carbocycles. The van der Waals surface area contributed by atoms with Crippen LogP contribution >= 0.6 is 0 Å². The number of nitrogens with zero attached hydrogens (tertiary/aromatic N) is 3. The first-order valence-corrected chi connectivity index (χ1v) is 9.57. The number of nitrogen functional groups attached to an aromatic ring is 1. The van der Waals surface area contributed by atoms with E-state index in [4.69, 9.17) is 15.5 Å². The third kappa shape index (κ3) is 3.12. The quantitative estimate of drug-likeness (QED) is 0.469. The topological polar surface area (TPSA) is 65.4 Å². The Morgan fingerprint density at radius 3 is 2.33 bits per heavy atom. The van der Waals surface area contributed by atoms with Crippen LogP contribution in [0.5, 0.6) is 5.75 Å². The second-order valence-electron chi connectivity index (χ2n) is 7.13. The molecule has 5 aromatic rings. The lowest BCUT2D eigenvalue weighted by atomic mass is 10.0. The molecule has 0 unspecified atom stereocenters. The van der Waals surface area contributed by atoms with E-state index in [0.717, 1.165) is 28.1 Å². The maximum Gasteiger partial charge on any atom is 0.206 e. The Hall–Kier alpha value is -3.93. The summed E-state index contributed by atoms with van der Waals surface area (Å²) in [4.78, 5) is 8.90. The van der Waals surface area contributed by atoms with Gasteiger partial charge in [0.2, 0.25) is 5.95 Å². The van der Waals surface area contributed by atoms with Gasteiger partial charge in [-0.2, -0.15) is 0 Å². The highest BCUT2D eigenvalue weighted by Crippen LogP contribution is 2.25. The molecule has 0 bridgehead atoms. The highest BCUT2D eigenvalue weighted by atomic mass is 19.1. The van der Waals surface area contributed by atoms with Gasteiger partial charge in [-0.05, 0) is 41.0 Å². The van der Waals surface area contributed by atoms with Crippen molar-refractivity contribution in [3.05, 3.63) is 90.0 Å². The first-order valence-electron chi connectivity index (χ1n) is 9.57. The van der Waals surface area contributed by atoms with Crippen LogP contribution in [0.4, 0.5) is 10.3 Å². The number of fused-ring (bicyclic) bond motifs is 3. The van der Waals surface area contributed by atoms with Crippen LogP contribution in [0.25, 0.3) is 27.7 Å². The molecule has 0 aliphatic rings. The van der Waals surface area contributed by atoms with E-state index in [-0.39, 0.29) is 11.5 Å². The van der Waals surface area contributed by atoms with Gasteiger partial charge in [0.15, 0.2) is 0 Å². The zero-order chi connectivity index (χ0) is 20.7. The number of nitrogens with two attached hydrogens (primary N) is 1. The number of aromatic nitrogens is 3. The average molecular weight is 398 g/mol. The Balaban J connectivity index is 1.46. The number of benzene rings is 3. The molecule has 148 valence electrons. The van der Waals surface area contributed by atoms with Crippen LogP contribution < -0.4 is 10.5 Å². The third-order valence-electron chi connectivity index (χ3n) is 5.22. The molecule has 2 N–H and O–H groups in total. The summed E-state index contributed by atoms with van der Waals surface area (Å²) in [6.07, 6.45) is 2.50. The Morgan fingerprint density at radius 2 is 1.63 bits per heavy atom. The molecule has 0 radical (unpaired) electrons. The van der Waals surface area contributed by atoms with Gasteiger partial charge in [-0.1, -0.05) is 42.5 Å². The van der Waals surface area contributed by atoms with Crippen molar-refractivity contribution in [2.45, 2.75) is 6.42 Å². The van der Waals surface area contributed by atoms with Gasteiger partial charge in [-0.15, -0.1) is 0 Å². The molecular weight excluding hydrogens is 379 g/mol. The zero-order valence-corrected chi connectivity index (χ0v) is 16.3. The predicted octanol–water partition coefficient (Wildman–Crippen LogP) is 4.87. The highest BCUT2D eigenvalue weighted by Gasteiger charge is 2.13. The minimum atomic E-state index is -0.402. The van der Waals surface area contributed by atoms with Gasteiger partial charge >= 0.3 is 0 Å². The molecule has 0 saturated heterocycles. The van der Waals surface area contributed by atoms with Crippen molar-refractivity contribution < 1.29 is 9.13 Å². The van der Waals surface area contributed by atoms with Crippen molar-refractivity contribution in [2.24, 2.45) is 0 Å². The van der Waals surface area contributed by atoms with Crippen molar-refractivity contribution in [3.63, 3.8) is 0 Å². The number of para-hydroxylation sites is 1. The lowest BCUT2D eigenvalue weighted by Gasteiger charge is -2.05. The van der Waals surface area contributed by atoms with Crippen LogP contribution in [0.15, 0.2) is 72.9 Å². The van der Waals surface area contributed by atoms with E-state index in [1.54, 1.807) is 23.6 Å². The Morgan fingerprint density at radius 1 is 0.933 bits per heavy atom. The normalized spacial score (nSPS) is 11.3. The minimum absolute atomic E-state index is 0.219. The summed E-state index contributed by atoms with van der Waals surface area (Å²) in [5, 5.41) is 0.644. The van der Waals surface area contributed by atoms with Crippen LogP contribution in [0.3, 0.4) is 0 Å². The number of halogens is 1. The van der Waals surface area contributed by atoms with Crippen molar-refractivity contribution in [1.29, 1.82) is 0 Å². The number of rotatable bonds is 4. The molecule has 0 amide bonds. The van der Waals surface area contributed by atoms with E-state index in [9.17, 15) is 4.39 Å². The van der Waals surface area contributed by atoms with Gasteiger partial charge in [0.05, 0.1) is 12.8 Å². The monoisotopic (exact) mass is 398 g/mol. The molecule has 2 heterocycles. The van der Waals surface area contributed by atoms with Gasteiger partial charge in [0.25, 0.3) is 0 Å². The third-order valence-corrected chi connectivity index (χ3v) is 5.22. The van der Waals surface area contributed by atoms with E-state index in [0.29, 0.717) is 17.5 Å². The van der Waals surface area contributed by atoms with E-state index >= 15 is 0 Å². The molecule has 0 aliphatic heterocycles. The molecule has 2 aromatic heterocycles. The number of imidazole rings is 1. The Labute approximate surface area is 172 Å². The maximum absolute atomic E-state index is 14.1. The van der Waals surface area contributed by atoms with Crippen LogP contribution in [0, 0.1) is 5.82 Å². The molecule has 5 rings (SSSR count). The summed E-state index contributed by atoms with van der Waals surface area (Å²) < 4.78 is 21.0. The Kier molecular flexibility index (Phi) is 4.32. The van der Waals surface area contributed by atoms with Gasteiger partial charge in [-0.3, -0.25) is 4.40 Å². The molecule has 6 heteroatoms. The van der Waals surface area contributed by atoms with Crippen LogP contribution in [-0.4, -0.2) is 21.5 Å². The van der Waals surface area contributed by atoms with Crippen molar-refractivity contribution in [2.75, 3.05) is 12.8 Å². The summed E-state index contributed by atoms with van der Waals surface area (Å²) in [5.41, 5.74) is 11.1. The first kappa shape index (κ1) is 18.1. The fourth-order valence-corrected chi connectivity index (χ4v) is 3.66. The summed E-state index contributed by atoms with van der Waals surface area (Å²) in [6, 6.07) is 21.2. The van der Waals surface area contributed by atoms with Gasteiger partial charge in [0.1, 0.15) is 22.7 Å². The molecule has 0 atom stereocenters. The van der Waals surface area contributed by atoms with Gasteiger partial charge in [-0.25, -0.2) is 14.4 Å². The number of hydrogen-bond donors (Lipinski definition) is 1. The summed E-state index contributed by atoms with van der Waals surface area (Å²) >= 11 is 0. The maximum atomic E-state index is 14.1. The average Bonchev–Trinajstić information content (AvgIpc) is 3.20. The first-order chi connectivity index (χ1) is 14.6. The SMILES string of the molecule is COc1ccc(-c2ccc(Cc3cn4c(N)nc5c(F)cccc5c4n3)cc2)cc1. The molecule has 5 nitrogen and oxygen atoms in total. The van der Waals surface area contributed by atoms with Crippen LogP contribution in [0.1, 0.15) is 11.3 Å². The number of ether oxygens (including phenoxy) is 1. The lowest BCUT2D eigenvalue weighted by Crippen LogP contribution is -2.01. The molecule has 0 spiro atoms. The predicted molar refractivity (Wildman–Crippen MR) is 116 cm³/mol. The lowest BCUT2D eigenvalue weighted by molar-refractivity contribution is 0.415. The number of methoxy groups -OCH3 is 1. The summed E-state index contributed by atoms with van der Waals surface area (Å²) in [7, 11) is 1.66. The van der Waals surface area contributed by atoms with E-state index in [1.807, 2.05) is 30.5 Å². The standard InChI is InChI=1S/C24H19FN4O/c1-30-19-11-9-17(10-12-19)16-7-5-15(6-8-16)13-18-14-29-23(27-18)20-3-2-4-21(25)22(20)28-24(29)26/h2-12,14H,13H2,1H3,(H2,26,28). The van der Waals surface area contributed by atoms with E-state index < -0.39 is 5.82 Å². The fraction of sp³-hybridized carbons (Fsp3) is 0.0833. The van der Waals surface area contributed by atoms with Crippen LogP contribution in [0.2, 0.25) is 0 Å². The molecule has 0 fully saturated rings. The van der Waals surface area contributed by atoms with E-state index in [1.165, 1.54) is 6.07 Å². The van der Waals surface area contributed by atoms with Crippen molar-refractivity contribution >= 4 is 22.5 Å². The van der Waals surface area contributed by atoms with Crippen molar-refractivity contribution in [3.8, 4) is 16.9 Å². The molecule has 30 heavy (non-hydrogen) atoms. The molecule has 3 aromatic carbocycles. The van der Waals surface area contributed by atoms with Gasteiger partial charge < -0.3 is 10.5 Å². The largest absolute Gasteiger partial charge is 0.497 e. The molecule has 0 aliphatic carbocycles. The molecular formula is C24H19FN4O. The summed E-state index contributed by atoms with van der Waals surface area (Å²) in [5.74, 6) is 0.653. The second kappa shape index (κ2) is 7.15. The van der Waals surface area contributed by atoms with Crippen LogP contribution in [-0.2, 0) is 6.42 Å². The zero-order valence-electron chi connectivity index (χ0n) is 16.3. The summed E-state index contributed by atoms with van der Waals surface area (Å²) in [6.45, 7) is 0. The van der Waals surface area contributed by atoms with Crippen molar-refractivity contribution in [1.82, 2.24) is 14.4 Å². The fourth-order valence-electron chi connectivity index (χ4n) is 3.66. The minimum Gasteiger partial charge on any atom is -0.497 e.